The molecule has 26 heavy (non-hydrogen) atoms. The molecule has 5 rings (SSSR count). The van der Waals surface area contributed by atoms with Crippen LogP contribution in [-0.2, 0) is 10.3 Å². The van der Waals surface area contributed by atoms with Crippen LogP contribution in [0.25, 0.3) is 0 Å². The number of benzene rings is 3. The van der Waals surface area contributed by atoms with Crippen LogP contribution in [0.15, 0.2) is 64.4 Å². The number of phenols is 2. The molecule has 6 heteroatoms. The number of fused-ring (bicyclic) bond motifs is 6. The predicted octanol–water partition coefficient (Wildman–Crippen LogP) is 4.63. The molecule has 0 aliphatic carbocycles. The molecule has 128 valence electrons. The Kier molecular flexibility index (Phi) is 3.33. The Morgan fingerprint density at radius 2 is 1.73 bits per heavy atom. The van der Waals surface area contributed by atoms with Crippen LogP contribution in [0.5, 0.6) is 11.5 Å². The fourth-order valence-electron chi connectivity index (χ4n) is 3.68. The standard InChI is InChI=1S/C20H11IO4S/c21-17-15(23)8-7-14-18(17)26-16-9-10(22)5-6-13(16)20(14)12-4-2-1-3-11(12)19(24)25-20/h1-9,22-23H. The highest BCUT2D eigenvalue weighted by atomic mass is 127. The number of phenolic OH excluding ortho intramolecular Hbond substituents is 2. The van der Waals surface area contributed by atoms with Crippen LogP contribution < -0.4 is 0 Å². The van der Waals surface area contributed by atoms with Gasteiger partial charge in [-0.1, -0.05) is 30.0 Å². The van der Waals surface area contributed by atoms with Gasteiger partial charge >= 0.3 is 5.97 Å². The van der Waals surface area contributed by atoms with Gasteiger partial charge in [-0.2, -0.15) is 0 Å². The molecular weight excluding hydrogens is 463 g/mol. The number of esters is 1. The topological polar surface area (TPSA) is 66.8 Å². The highest BCUT2D eigenvalue weighted by Crippen LogP contribution is 2.58. The van der Waals surface area contributed by atoms with Crippen LogP contribution >= 0.6 is 34.4 Å². The number of carbonyl (C=O) groups is 1. The Morgan fingerprint density at radius 3 is 2.58 bits per heavy atom. The van der Waals surface area contributed by atoms with Crippen molar-refractivity contribution in [2.75, 3.05) is 0 Å². The Hall–Kier alpha value is -2.19. The zero-order chi connectivity index (χ0) is 18.1. The van der Waals surface area contributed by atoms with Crippen LogP contribution in [0.1, 0.15) is 27.0 Å². The van der Waals surface area contributed by atoms with Gasteiger partial charge in [0.15, 0.2) is 5.60 Å². The Labute approximate surface area is 167 Å². The fourth-order valence-corrected chi connectivity index (χ4v) is 5.72. The number of aromatic hydroxyl groups is 2. The van der Waals surface area contributed by atoms with Crippen molar-refractivity contribution >= 4 is 40.3 Å². The van der Waals surface area contributed by atoms with Gasteiger partial charge in [-0.15, -0.1) is 0 Å². The zero-order valence-corrected chi connectivity index (χ0v) is 16.2. The van der Waals surface area contributed by atoms with Crippen molar-refractivity contribution in [3.05, 3.63) is 80.4 Å². The van der Waals surface area contributed by atoms with Crippen molar-refractivity contribution in [3.63, 3.8) is 0 Å². The lowest BCUT2D eigenvalue weighted by Gasteiger charge is -2.37. The first-order chi connectivity index (χ1) is 12.5. The van der Waals surface area contributed by atoms with Gasteiger partial charge in [0.05, 0.1) is 9.13 Å². The third kappa shape index (κ3) is 1.94. The normalized spacial score (nSPS) is 19.7. The molecule has 2 N–H and O–H groups in total. The van der Waals surface area contributed by atoms with E-state index in [1.165, 1.54) is 11.8 Å². The second kappa shape index (κ2) is 5.40. The predicted molar refractivity (Wildman–Crippen MR) is 105 cm³/mol. The van der Waals surface area contributed by atoms with Gasteiger partial charge in [0, 0.05) is 26.5 Å². The van der Waals surface area contributed by atoms with E-state index in [0.29, 0.717) is 9.13 Å². The van der Waals surface area contributed by atoms with Gasteiger partial charge in [-0.05, 0) is 59.0 Å². The summed E-state index contributed by atoms with van der Waals surface area (Å²) in [5.74, 6) is -0.0589. The summed E-state index contributed by atoms with van der Waals surface area (Å²) in [5, 5.41) is 20.1. The highest BCUT2D eigenvalue weighted by molar-refractivity contribution is 14.1. The number of carbonyl (C=O) groups excluding carboxylic acids is 1. The largest absolute Gasteiger partial charge is 0.508 e. The van der Waals surface area contributed by atoms with Crippen molar-refractivity contribution in [2.24, 2.45) is 0 Å². The minimum absolute atomic E-state index is 0.141. The molecule has 1 unspecified atom stereocenters. The first-order valence-corrected chi connectivity index (χ1v) is 9.78. The monoisotopic (exact) mass is 474 g/mol. The van der Waals surface area contributed by atoms with Crippen molar-refractivity contribution in [1.82, 2.24) is 0 Å². The second-order valence-corrected chi connectivity index (χ2v) is 8.31. The minimum Gasteiger partial charge on any atom is -0.508 e. The molecule has 4 nitrogen and oxygen atoms in total. The molecule has 2 aliphatic rings. The maximum Gasteiger partial charge on any atom is 0.340 e. The number of ether oxygens (including phenoxy) is 1. The van der Waals surface area contributed by atoms with E-state index in [4.69, 9.17) is 4.74 Å². The quantitative estimate of drug-likeness (QED) is 0.368. The summed E-state index contributed by atoms with van der Waals surface area (Å²) in [4.78, 5) is 14.3. The summed E-state index contributed by atoms with van der Waals surface area (Å²) < 4.78 is 6.72. The average molecular weight is 474 g/mol. The molecule has 0 bridgehead atoms. The van der Waals surface area contributed by atoms with E-state index in [0.717, 1.165) is 26.5 Å². The Balaban J connectivity index is 1.93. The molecule has 2 aliphatic heterocycles. The maximum atomic E-state index is 12.6. The SMILES string of the molecule is O=C1OC2(c3ccc(O)cc3Sc3c2ccc(O)c3I)c2ccccc21. The van der Waals surface area contributed by atoms with Gasteiger partial charge in [-0.25, -0.2) is 4.79 Å². The van der Waals surface area contributed by atoms with E-state index < -0.39 is 5.60 Å². The van der Waals surface area contributed by atoms with Crippen molar-refractivity contribution in [3.8, 4) is 11.5 Å². The number of hydrogen-bond acceptors (Lipinski definition) is 5. The molecule has 1 spiro atoms. The number of hydrogen-bond donors (Lipinski definition) is 2. The number of rotatable bonds is 0. The van der Waals surface area contributed by atoms with Gasteiger partial charge in [0.25, 0.3) is 0 Å². The third-order valence-electron chi connectivity index (χ3n) is 4.78. The zero-order valence-electron chi connectivity index (χ0n) is 13.2. The molecule has 0 amide bonds. The maximum absolute atomic E-state index is 12.6. The molecule has 0 saturated carbocycles. The van der Waals surface area contributed by atoms with Gasteiger partial charge in [0.2, 0.25) is 0 Å². The molecule has 3 aromatic rings. The van der Waals surface area contributed by atoms with E-state index in [-0.39, 0.29) is 17.5 Å². The Morgan fingerprint density at radius 1 is 0.962 bits per heavy atom. The summed E-state index contributed by atoms with van der Waals surface area (Å²) in [7, 11) is 0. The van der Waals surface area contributed by atoms with Crippen LogP contribution in [0.2, 0.25) is 0 Å². The summed E-state index contributed by atoms with van der Waals surface area (Å²) >= 11 is 3.55. The first-order valence-electron chi connectivity index (χ1n) is 7.88. The van der Waals surface area contributed by atoms with Crippen molar-refractivity contribution in [1.29, 1.82) is 0 Å². The van der Waals surface area contributed by atoms with Gasteiger partial charge < -0.3 is 14.9 Å². The molecule has 1 atom stereocenters. The lowest BCUT2D eigenvalue weighted by Crippen LogP contribution is -2.33. The molecule has 0 aromatic heterocycles. The number of halogens is 1. The van der Waals surface area contributed by atoms with E-state index in [2.05, 4.69) is 22.6 Å². The molecule has 0 radical (unpaired) electrons. The van der Waals surface area contributed by atoms with Gasteiger partial charge in [-0.3, -0.25) is 0 Å². The smallest absolute Gasteiger partial charge is 0.340 e. The summed E-state index contributed by atoms with van der Waals surface area (Å²) in [6.45, 7) is 0. The summed E-state index contributed by atoms with van der Waals surface area (Å²) in [5.41, 5.74) is 1.87. The van der Waals surface area contributed by atoms with Crippen LogP contribution in [0, 0.1) is 3.57 Å². The lowest BCUT2D eigenvalue weighted by molar-refractivity contribution is 0.0232. The molecule has 0 fully saturated rings. The molecular formula is C20H11IO4S. The highest BCUT2D eigenvalue weighted by Gasteiger charge is 2.53. The summed E-state index contributed by atoms with van der Waals surface area (Å²) in [6.07, 6.45) is 0. The molecule has 2 heterocycles. The van der Waals surface area contributed by atoms with Crippen molar-refractivity contribution < 1.29 is 19.7 Å². The van der Waals surface area contributed by atoms with E-state index in [9.17, 15) is 15.0 Å². The lowest BCUT2D eigenvalue weighted by atomic mass is 9.79. The van der Waals surface area contributed by atoms with Crippen LogP contribution in [-0.4, -0.2) is 16.2 Å². The van der Waals surface area contributed by atoms with Crippen LogP contribution in [0.4, 0.5) is 0 Å². The fraction of sp³-hybridized carbons (Fsp3) is 0.0500. The van der Waals surface area contributed by atoms with Gasteiger partial charge in [0.1, 0.15) is 11.5 Å². The summed E-state index contributed by atoms with van der Waals surface area (Å²) in [6, 6.07) is 15.9. The molecule has 0 saturated heterocycles. The first kappa shape index (κ1) is 16.0. The van der Waals surface area contributed by atoms with E-state index in [1.807, 2.05) is 24.3 Å². The van der Waals surface area contributed by atoms with E-state index in [1.54, 1.807) is 30.3 Å². The van der Waals surface area contributed by atoms with Crippen molar-refractivity contribution in [2.45, 2.75) is 15.4 Å². The average Bonchev–Trinajstić information content (AvgIpc) is 2.92. The van der Waals surface area contributed by atoms with E-state index >= 15 is 0 Å². The Bertz CT molecular complexity index is 1110. The minimum atomic E-state index is -1.08. The second-order valence-electron chi connectivity index (χ2n) is 6.17. The third-order valence-corrected chi connectivity index (χ3v) is 7.43. The van der Waals surface area contributed by atoms with Crippen LogP contribution in [0.3, 0.4) is 0 Å². The molecule has 3 aromatic carbocycles.